The molecule has 0 bridgehead atoms. The maximum Gasteiger partial charge on any atom is 0.336 e. The first-order valence-corrected chi connectivity index (χ1v) is 6.34. The second kappa shape index (κ2) is 4.86. The second-order valence-corrected chi connectivity index (χ2v) is 4.73. The summed E-state index contributed by atoms with van der Waals surface area (Å²) < 4.78 is 10.8. The van der Waals surface area contributed by atoms with Crippen LogP contribution in [0.15, 0.2) is 51.7 Å². The normalized spacial score (nSPS) is 10.7. The summed E-state index contributed by atoms with van der Waals surface area (Å²) in [5.74, 6) is 0.895. The minimum atomic E-state index is -0.423. The fourth-order valence-corrected chi connectivity index (χ4v) is 2.13. The van der Waals surface area contributed by atoms with Gasteiger partial charge in [0.2, 0.25) is 0 Å². The maximum absolute atomic E-state index is 11.4. The zero-order chi connectivity index (χ0) is 15.0. The Morgan fingerprint density at radius 2 is 2.00 bits per heavy atom. The lowest BCUT2D eigenvalue weighted by atomic mass is 10.1. The molecule has 0 spiro atoms. The first-order valence-electron chi connectivity index (χ1n) is 6.34. The molecule has 5 heteroatoms. The number of benzene rings is 2. The van der Waals surface area contributed by atoms with Gasteiger partial charge in [0.05, 0.1) is 5.69 Å². The molecule has 3 N–H and O–H groups in total. The zero-order valence-electron chi connectivity index (χ0n) is 11.3. The number of anilines is 1. The van der Waals surface area contributed by atoms with Crippen molar-refractivity contribution >= 4 is 16.7 Å². The number of rotatable bonds is 2. The molecule has 0 aliphatic carbocycles. The number of fused-ring (bicyclic) bond motifs is 1. The Kier molecular flexibility index (Phi) is 3.02. The summed E-state index contributed by atoms with van der Waals surface area (Å²) in [6.45, 7) is 1.81. The largest absolute Gasteiger partial charge is 0.508 e. The molecule has 0 aliphatic rings. The summed E-state index contributed by atoms with van der Waals surface area (Å²) in [6.07, 6.45) is 0. The fourth-order valence-electron chi connectivity index (χ4n) is 2.13. The smallest absolute Gasteiger partial charge is 0.336 e. The summed E-state index contributed by atoms with van der Waals surface area (Å²) in [5, 5.41) is 10.2. The fraction of sp³-hybridized carbons (Fsp3) is 0.0625. The SMILES string of the molecule is Cc1cc(=O)oc2cc(Oc3cccc(O)c3)c(N)cc12. The van der Waals surface area contributed by atoms with E-state index in [4.69, 9.17) is 14.9 Å². The third-order valence-corrected chi connectivity index (χ3v) is 3.13. The highest BCUT2D eigenvalue weighted by Crippen LogP contribution is 2.33. The molecule has 3 rings (SSSR count). The Hall–Kier alpha value is -2.95. The molecular formula is C16H13NO4. The van der Waals surface area contributed by atoms with Crippen LogP contribution in [0.2, 0.25) is 0 Å². The van der Waals surface area contributed by atoms with Crippen LogP contribution in [0.1, 0.15) is 5.56 Å². The Bertz CT molecular complexity index is 883. The molecule has 3 aromatic rings. The van der Waals surface area contributed by atoms with Crippen molar-refractivity contribution in [3.8, 4) is 17.2 Å². The van der Waals surface area contributed by atoms with Crippen LogP contribution in [0.5, 0.6) is 17.2 Å². The number of aromatic hydroxyl groups is 1. The summed E-state index contributed by atoms with van der Waals surface area (Å²) in [4.78, 5) is 11.4. The van der Waals surface area contributed by atoms with Gasteiger partial charge in [-0.1, -0.05) is 6.07 Å². The second-order valence-electron chi connectivity index (χ2n) is 4.73. The van der Waals surface area contributed by atoms with E-state index in [-0.39, 0.29) is 5.75 Å². The summed E-state index contributed by atoms with van der Waals surface area (Å²) in [5.41, 5.74) is 7.16. The van der Waals surface area contributed by atoms with Crippen molar-refractivity contribution in [1.82, 2.24) is 0 Å². The van der Waals surface area contributed by atoms with Gasteiger partial charge in [-0.25, -0.2) is 4.79 Å². The third-order valence-electron chi connectivity index (χ3n) is 3.13. The van der Waals surface area contributed by atoms with E-state index in [1.54, 1.807) is 30.3 Å². The molecule has 21 heavy (non-hydrogen) atoms. The quantitative estimate of drug-likeness (QED) is 0.557. The number of phenolic OH excluding ortho intramolecular Hbond substituents is 1. The predicted octanol–water partition coefficient (Wildman–Crippen LogP) is 3.18. The number of hydrogen-bond donors (Lipinski definition) is 2. The first-order chi connectivity index (χ1) is 10.0. The van der Waals surface area contributed by atoms with Crippen LogP contribution in [-0.4, -0.2) is 5.11 Å². The van der Waals surface area contributed by atoms with Crippen LogP contribution in [0, 0.1) is 6.92 Å². The van der Waals surface area contributed by atoms with Crippen LogP contribution in [0.4, 0.5) is 5.69 Å². The monoisotopic (exact) mass is 283 g/mol. The van der Waals surface area contributed by atoms with E-state index in [0.717, 1.165) is 10.9 Å². The molecule has 1 aromatic heterocycles. The third kappa shape index (κ3) is 2.53. The van der Waals surface area contributed by atoms with Crippen molar-refractivity contribution < 1.29 is 14.3 Å². The minimum absolute atomic E-state index is 0.0919. The topological polar surface area (TPSA) is 85.7 Å². The average Bonchev–Trinajstić information content (AvgIpc) is 2.41. The Balaban J connectivity index is 2.11. The van der Waals surface area contributed by atoms with Crippen LogP contribution >= 0.6 is 0 Å². The molecular weight excluding hydrogens is 270 g/mol. The standard InChI is InChI=1S/C16H13NO4/c1-9-5-16(19)21-14-8-15(13(17)7-12(9)14)20-11-4-2-3-10(18)6-11/h2-8,18H,17H2,1H3. The molecule has 0 fully saturated rings. The Morgan fingerprint density at radius 3 is 2.76 bits per heavy atom. The van der Waals surface area contributed by atoms with Gasteiger partial charge in [0.25, 0.3) is 0 Å². The van der Waals surface area contributed by atoms with Crippen molar-refractivity contribution in [3.05, 3.63) is 58.4 Å². The van der Waals surface area contributed by atoms with Gasteiger partial charge in [0.15, 0.2) is 5.75 Å². The molecule has 0 amide bonds. The van der Waals surface area contributed by atoms with E-state index in [0.29, 0.717) is 22.8 Å². The molecule has 5 nitrogen and oxygen atoms in total. The number of ether oxygens (including phenoxy) is 1. The molecule has 0 atom stereocenters. The minimum Gasteiger partial charge on any atom is -0.508 e. The van der Waals surface area contributed by atoms with Gasteiger partial charge < -0.3 is 20.0 Å². The summed E-state index contributed by atoms with van der Waals surface area (Å²) >= 11 is 0. The lowest BCUT2D eigenvalue weighted by Crippen LogP contribution is -1.99. The highest BCUT2D eigenvalue weighted by Gasteiger charge is 2.09. The van der Waals surface area contributed by atoms with Crippen LogP contribution < -0.4 is 16.1 Å². The van der Waals surface area contributed by atoms with Crippen molar-refractivity contribution in [2.75, 3.05) is 5.73 Å². The van der Waals surface area contributed by atoms with E-state index >= 15 is 0 Å². The van der Waals surface area contributed by atoms with Gasteiger partial charge in [0.1, 0.15) is 17.1 Å². The molecule has 1 heterocycles. The van der Waals surface area contributed by atoms with Gasteiger partial charge in [-0.3, -0.25) is 0 Å². The predicted molar refractivity (Wildman–Crippen MR) is 79.8 cm³/mol. The highest BCUT2D eigenvalue weighted by molar-refractivity contribution is 5.86. The Morgan fingerprint density at radius 1 is 1.19 bits per heavy atom. The Labute approximate surface area is 120 Å². The molecule has 0 saturated heterocycles. The van der Waals surface area contributed by atoms with E-state index in [1.165, 1.54) is 12.1 Å². The summed E-state index contributed by atoms with van der Waals surface area (Å²) in [6, 6.07) is 11.0. The van der Waals surface area contributed by atoms with Crippen molar-refractivity contribution in [1.29, 1.82) is 0 Å². The summed E-state index contributed by atoms with van der Waals surface area (Å²) in [7, 11) is 0. The van der Waals surface area contributed by atoms with Crippen LogP contribution in [0.3, 0.4) is 0 Å². The zero-order valence-corrected chi connectivity index (χ0v) is 11.3. The number of hydrogen-bond acceptors (Lipinski definition) is 5. The molecule has 0 radical (unpaired) electrons. The van der Waals surface area contributed by atoms with Crippen molar-refractivity contribution in [3.63, 3.8) is 0 Å². The van der Waals surface area contributed by atoms with Gasteiger partial charge >= 0.3 is 5.63 Å². The van der Waals surface area contributed by atoms with E-state index in [1.807, 2.05) is 6.92 Å². The van der Waals surface area contributed by atoms with Gasteiger partial charge in [-0.05, 0) is 30.7 Å². The van der Waals surface area contributed by atoms with Crippen molar-refractivity contribution in [2.24, 2.45) is 0 Å². The van der Waals surface area contributed by atoms with Gasteiger partial charge in [-0.2, -0.15) is 0 Å². The highest BCUT2D eigenvalue weighted by atomic mass is 16.5. The first kappa shape index (κ1) is 13.1. The number of nitrogen functional groups attached to an aromatic ring is 1. The molecule has 106 valence electrons. The van der Waals surface area contributed by atoms with Crippen molar-refractivity contribution in [2.45, 2.75) is 6.92 Å². The maximum atomic E-state index is 11.4. The number of nitrogens with two attached hydrogens (primary N) is 1. The molecule has 0 unspecified atom stereocenters. The molecule has 0 aliphatic heterocycles. The van der Waals surface area contributed by atoms with Crippen LogP contribution in [-0.2, 0) is 0 Å². The molecule has 0 saturated carbocycles. The number of phenols is 1. The average molecular weight is 283 g/mol. The lowest BCUT2D eigenvalue weighted by molar-refractivity contribution is 0.455. The lowest BCUT2D eigenvalue weighted by Gasteiger charge is -2.10. The van der Waals surface area contributed by atoms with E-state index in [2.05, 4.69) is 0 Å². The van der Waals surface area contributed by atoms with Crippen LogP contribution in [0.25, 0.3) is 11.0 Å². The van der Waals surface area contributed by atoms with Gasteiger partial charge in [0, 0.05) is 23.6 Å². The van der Waals surface area contributed by atoms with E-state index in [9.17, 15) is 9.90 Å². The van der Waals surface area contributed by atoms with E-state index < -0.39 is 5.63 Å². The number of aryl methyl sites for hydroxylation is 1. The molecule has 2 aromatic carbocycles. The van der Waals surface area contributed by atoms with Gasteiger partial charge in [-0.15, -0.1) is 0 Å².